The molecule has 2 aromatic carbocycles. The third-order valence-electron chi connectivity index (χ3n) is 3.32. The Bertz CT molecular complexity index is 668. The third kappa shape index (κ3) is 3.44. The number of nitrogens with two attached hydrogens (primary N) is 1. The smallest absolute Gasteiger partial charge is 0.137 e. The average molecular weight is 345 g/mol. The lowest BCUT2D eigenvalue weighted by atomic mass is 10.1. The molecule has 0 aliphatic carbocycles. The van der Waals surface area contributed by atoms with E-state index >= 15 is 0 Å². The van der Waals surface area contributed by atoms with Crippen LogP contribution in [0.15, 0.2) is 40.9 Å². The molecule has 0 radical (unpaired) electrons. The van der Waals surface area contributed by atoms with Gasteiger partial charge in [0.05, 0.1) is 11.6 Å². The fourth-order valence-electron chi connectivity index (χ4n) is 2.32. The molecular formula is C17H17BrN2O. The number of benzene rings is 2. The van der Waals surface area contributed by atoms with E-state index in [0.29, 0.717) is 12.1 Å². The van der Waals surface area contributed by atoms with Gasteiger partial charge in [0.2, 0.25) is 0 Å². The number of nitriles is 1. The lowest BCUT2D eigenvalue weighted by molar-refractivity contribution is 0.210. The monoisotopic (exact) mass is 344 g/mol. The Labute approximate surface area is 133 Å². The van der Waals surface area contributed by atoms with E-state index < -0.39 is 0 Å². The van der Waals surface area contributed by atoms with Crippen LogP contribution >= 0.6 is 15.9 Å². The molecule has 0 saturated heterocycles. The Kier molecular flexibility index (Phi) is 5.00. The minimum Gasteiger partial charge on any atom is -0.484 e. The number of rotatable bonds is 4. The molecule has 0 saturated carbocycles. The van der Waals surface area contributed by atoms with Gasteiger partial charge in [-0.05, 0) is 43.2 Å². The summed E-state index contributed by atoms with van der Waals surface area (Å²) in [5.74, 6) is 0.792. The van der Waals surface area contributed by atoms with Gasteiger partial charge in [-0.1, -0.05) is 34.1 Å². The maximum Gasteiger partial charge on any atom is 0.137 e. The van der Waals surface area contributed by atoms with Crippen LogP contribution < -0.4 is 10.5 Å². The Morgan fingerprint density at radius 2 is 1.86 bits per heavy atom. The quantitative estimate of drug-likeness (QED) is 0.911. The van der Waals surface area contributed by atoms with E-state index in [0.717, 1.165) is 26.9 Å². The van der Waals surface area contributed by atoms with Crippen molar-refractivity contribution in [3.63, 3.8) is 0 Å². The predicted molar refractivity (Wildman–Crippen MR) is 87.2 cm³/mol. The third-order valence-corrected chi connectivity index (χ3v) is 4.04. The predicted octanol–water partition coefficient (Wildman–Crippen LogP) is 4.02. The molecule has 2 N–H and O–H groups in total. The van der Waals surface area contributed by atoms with Gasteiger partial charge in [0.25, 0.3) is 0 Å². The van der Waals surface area contributed by atoms with Gasteiger partial charge in [-0.15, -0.1) is 0 Å². The standard InChI is InChI=1S/C17H17BrN2O/c1-11-7-13(9-19)8-12(2)17(11)21-16(10-20)14-5-3-4-6-15(14)18/h3-8,16H,10,20H2,1-2H3. The van der Waals surface area contributed by atoms with E-state index in [1.54, 1.807) is 0 Å². The number of ether oxygens (including phenoxy) is 1. The Balaban J connectivity index is 2.36. The van der Waals surface area contributed by atoms with E-state index in [2.05, 4.69) is 22.0 Å². The van der Waals surface area contributed by atoms with Crippen molar-refractivity contribution in [2.24, 2.45) is 5.73 Å². The Morgan fingerprint density at radius 1 is 1.24 bits per heavy atom. The molecule has 2 rings (SSSR count). The van der Waals surface area contributed by atoms with Crippen LogP contribution in [0.25, 0.3) is 0 Å². The molecule has 0 aromatic heterocycles. The van der Waals surface area contributed by atoms with Gasteiger partial charge < -0.3 is 10.5 Å². The fourth-order valence-corrected chi connectivity index (χ4v) is 2.86. The summed E-state index contributed by atoms with van der Waals surface area (Å²) in [5.41, 5.74) is 9.42. The summed E-state index contributed by atoms with van der Waals surface area (Å²) in [5, 5.41) is 9.00. The van der Waals surface area contributed by atoms with Gasteiger partial charge in [0, 0.05) is 16.6 Å². The largest absolute Gasteiger partial charge is 0.484 e. The number of aryl methyl sites for hydroxylation is 2. The lowest BCUT2D eigenvalue weighted by Crippen LogP contribution is -2.19. The maximum absolute atomic E-state index is 9.00. The molecule has 0 bridgehead atoms. The first-order chi connectivity index (χ1) is 10.1. The minimum absolute atomic E-state index is 0.231. The lowest BCUT2D eigenvalue weighted by Gasteiger charge is -2.22. The van der Waals surface area contributed by atoms with Gasteiger partial charge in [0.1, 0.15) is 11.9 Å². The van der Waals surface area contributed by atoms with Crippen LogP contribution in [-0.2, 0) is 0 Å². The van der Waals surface area contributed by atoms with Crippen molar-refractivity contribution in [2.45, 2.75) is 20.0 Å². The van der Waals surface area contributed by atoms with E-state index in [1.165, 1.54) is 0 Å². The summed E-state index contributed by atoms with van der Waals surface area (Å²) in [6.07, 6.45) is -0.231. The molecule has 0 spiro atoms. The summed E-state index contributed by atoms with van der Waals surface area (Å²) < 4.78 is 7.10. The Morgan fingerprint density at radius 3 is 2.38 bits per heavy atom. The van der Waals surface area contributed by atoms with Crippen LogP contribution in [0, 0.1) is 25.2 Å². The van der Waals surface area contributed by atoms with Crippen LogP contribution in [0.1, 0.15) is 28.4 Å². The topological polar surface area (TPSA) is 59.0 Å². The molecule has 4 heteroatoms. The highest BCUT2D eigenvalue weighted by molar-refractivity contribution is 9.10. The van der Waals surface area contributed by atoms with Gasteiger partial charge in [0.15, 0.2) is 0 Å². The molecule has 0 amide bonds. The average Bonchev–Trinajstić information content (AvgIpc) is 2.47. The molecule has 0 fully saturated rings. The van der Waals surface area contributed by atoms with E-state index in [1.807, 2.05) is 50.2 Å². The number of hydrogen-bond acceptors (Lipinski definition) is 3. The van der Waals surface area contributed by atoms with Crippen molar-refractivity contribution in [3.05, 3.63) is 63.1 Å². The van der Waals surface area contributed by atoms with E-state index in [4.69, 9.17) is 15.7 Å². The van der Waals surface area contributed by atoms with Crippen LogP contribution in [0.5, 0.6) is 5.75 Å². The van der Waals surface area contributed by atoms with Gasteiger partial charge in [-0.2, -0.15) is 5.26 Å². The molecule has 0 heterocycles. The highest BCUT2D eigenvalue weighted by atomic mass is 79.9. The van der Waals surface area contributed by atoms with Crippen molar-refractivity contribution in [1.82, 2.24) is 0 Å². The summed E-state index contributed by atoms with van der Waals surface area (Å²) in [6, 6.07) is 13.7. The summed E-state index contributed by atoms with van der Waals surface area (Å²) in [7, 11) is 0. The van der Waals surface area contributed by atoms with Crippen LogP contribution in [0.4, 0.5) is 0 Å². The second-order valence-electron chi connectivity index (χ2n) is 4.91. The van der Waals surface area contributed by atoms with Crippen LogP contribution in [-0.4, -0.2) is 6.54 Å². The zero-order valence-electron chi connectivity index (χ0n) is 12.1. The number of nitrogens with zero attached hydrogens (tertiary/aromatic N) is 1. The highest BCUT2D eigenvalue weighted by Gasteiger charge is 2.17. The molecule has 3 nitrogen and oxygen atoms in total. The molecule has 0 aliphatic rings. The molecular weight excluding hydrogens is 328 g/mol. The first kappa shape index (κ1) is 15.6. The Hall–Kier alpha value is -1.83. The van der Waals surface area contributed by atoms with Crippen molar-refractivity contribution in [2.75, 3.05) is 6.54 Å². The second kappa shape index (κ2) is 6.75. The van der Waals surface area contributed by atoms with Gasteiger partial charge in [-0.3, -0.25) is 0 Å². The molecule has 0 aliphatic heterocycles. The zero-order chi connectivity index (χ0) is 15.4. The molecule has 21 heavy (non-hydrogen) atoms. The van der Waals surface area contributed by atoms with Gasteiger partial charge >= 0.3 is 0 Å². The van der Waals surface area contributed by atoms with Crippen molar-refractivity contribution >= 4 is 15.9 Å². The first-order valence-electron chi connectivity index (χ1n) is 6.69. The number of hydrogen-bond donors (Lipinski definition) is 1. The normalized spacial score (nSPS) is 11.8. The molecule has 1 atom stereocenters. The SMILES string of the molecule is Cc1cc(C#N)cc(C)c1OC(CN)c1ccccc1Br. The first-order valence-corrected chi connectivity index (χ1v) is 7.48. The number of halogens is 1. The van der Waals surface area contributed by atoms with Crippen molar-refractivity contribution < 1.29 is 4.74 Å². The summed E-state index contributed by atoms with van der Waals surface area (Å²) in [6.45, 7) is 4.26. The van der Waals surface area contributed by atoms with E-state index in [9.17, 15) is 0 Å². The molecule has 2 aromatic rings. The van der Waals surface area contributed by atoms with Crippen molar-refractivity contribution in [1.29, 1.82) is 5.26 Å². The zero-order valence-corrected chi connectivity index (χ0v) is 13.6. The maximum atomic E-state index is 9.00. The highest BCUT2D eigenvalue weighted by Crippen LogP contribution is 2.31. The second-order valence-corrected chi connectivity index (χ2v) is 5.77. The minimum atomic E-state index is -0.231. The van der Waals surface area contributed by atoms with Gasteiger partial charge in [-0.25, -0.2) is 0 Å². The molecule has 108 valence electrons. The van der Waals surface area contributed by atoms with Crippen molar-refractivity contribution in [3.8, 4) is 11.8 Å². The van der Waals surface area contributed by atoms with Crippen LogP contribution in [0.2, 0.25) is 0 Å². The summed E-state index contributed by atoms with van der Waals surface area (Å²) in [4.78, 5) is 0. The fraction of sp³-hybridized carbons (Fsp3) is 0.235. The van der Waals surface area contributed by atoms with Crippen LogP contribution in [0.3, 0.4) is 0 Å². The molecule has 1 unspecified atom stereocenters. The summed E-state index contributed by atoms with van der Waals surface area (Å²) >= 11 is 3.53. The van der Waals surface area contributed by atoms with E-state index in [-0.39, 0.29) is 6.10 Å².